The lowest BCUT2D eigenvalue weighted by atomic mass is 10.1. The lowest BCUT2D eigenvalue weighted by Gasteiger charge is -2.15. The molecule has 102 valence electrons. The Hall–Kier alpha value is -1.53. The third-order valence-corrected chi connectivity index (χ3v) is 3.64. The maximum atomic E-state index is 11.8. The van der Waals surface area contributed by atoms with E-state index in [1.54, 1.807) is 7.11 Å². The fraction of sp³-hybridized carbons (Fsp3) is 0.615. The largest absolute Gasteiger partial charge is 0.464 e. The van der Waals surface area contributed by atoms with E-state index in [-0.39, 0.29) is 6.10 Å². The second-order valence-corrected chi connectivity index (χ2v) is 4.94. The predicted octanol–water partition coefficient (Wildman–Crippen LogP) is 0.964. The summed E-state index contributed by atoms with van der Waals surface area (Å²) >= 11 is 0. The van der Waals surface area contributed by atoms with Crippen molar-refractivity contribution in [2.45, 2.75) is 32.0 Å². The molecule has 2 heterocycles. The average Bonchev–Trinajstić information content (AvgIpc) is 3.14. The van der Waals surface area contributed by atoms with Crippen LogP contribution in [0.25, 0.3) is 0 Å². The van der Waals surface area contributed by atoms with E-state index in [1.807, 2.05) is 0 Å². The van der Waals surface area contributed by atoms with Crippen molar-refractivity contribution in [3.8, 4) is 0 Å². The quantitative estimate of drug-likeness (QED) is 0.816. The number of ether oxygens (including phenoxy) is 2. The number of rotatable bonds is 4. The predicted molar refractivity (Wildman–Crippen MR) is 66.4 cm³/mol. The van der Waals surface area contributed by atoms with Crippen molar-refractivity contribution in [1.29, 1.82) is 0 Å². The maximum absolute atomic E-state index is 11.8. The van der Waals surface area contributed by atoms with Gasteiger partial charge in [-0.05, 0) is 18.8 Å². The molecule has 0 bridgehead atoms. The van der Waals surface area contributed by atoms with Crippen molar-refractivity contribution >= 4 is 5.97 Å². The summed E-state index contributed by atoms with van der Waals surface area (Å²) in [6.45, 7) is 1.27. The molecule has 1 aromatic heterocycles. The topological polar surface area (TPSA) is 73.3 Å². The van der Waals surface area contributed by atoms with Crippen LogP contribution in [0.3, 0.4) is 0 Å². The molecule has 1 fully saturated rings. The number of nitrogens with one attached hydrogen (secondary N) is 1. The molecule has 19 heavy (non-hydrogen) atoms. The van der Waals surface area contributed by atoms with Gasteiger partial charge in [-0.25, -0.2) is 14.8 Å². The number of carbonyl (C=O) groups excluding carboxylic acids is 1. The molecule has 1 atom stereocenters. The Bertz CT molecular complexity index is 514. The van der Waals surface area contributed by atoms with Gasteiger partial charge in [-0.1, -0.05) is 0 Å². The smallest absolute Gasteiger partial charge is 0.357 e. The number of hydrogen-bond acceptors (Lipinski definition) is 6. The van der Waals surface area contributed by atoms with Gasteiger partial charge in [-0.15, -0.1) is 0 Å². The first-order valence-electron chi connectivity index (χ1n) is 6.46. The number of methoxy groups -OCH3 is 2. The third kappa shape index (κ3) is 2.21. The number of fused-ring (bicyclic) bond motifs is 1. The first-order chi connectivity index (χ1) is 9.24. The van der Waals surface area contributed by atoms with Crippen LogP contribution in [-0.4, -0.2) is 30.2 Å². The number of carbonyl (C=O) groups is 1. The minimum Gasteiger partial charge on any atom is -0.464 e. The third-order valence-electron chi connectivity index (χ3n) is 3.64. The Balaban J connectivity index is 2.03. The Kier molecular flexibility index (Phi) is 3.20. The van der Waals surface area contributed by atoms with Crippen molar-refractivity contribution in [3.63, 3.8) is 0 Å². The van der Waals surface area contributed by atoms with Crippen molar-refractivity contribution in [2.24, 2.45) is 5.92 Å². The Morgan fingerprint density at radius 1 is 1.32 bits per heavy atom. The van der Waals surface area contributed by atoms with Gasteiger partial charge < -0.3 is 14.8 Å². The second-order valence-electron chi connectivity index (χ2n) is 4.94. The SMILES string of the molecule is COC(=O)c1nc(C(OC)C2CC2)nc2c1CNC2. The van der Waals surface area contributed by atoms with Crippen LogP contribution < -0.4 is 5.32 Å². The van der Waals surface area contributed by atoms with Crippen LogP contribution in [0.15, 0.2) is 0 Å². The summed E-state index contributed by atoms with van der Waals surface area (Å²) in [7, 11) is 3.03. The first-order valence-corrected chi connectivity index (χ1v) is 6.46. The maximum Gasteiger partial charge on any atom is 0.357 e. The molecule has 0 aromatic carbocycles. The van der Waals surface area contributed by atoms with Gasteiger partial charge in [0.1, 0.15) is 6.10 Å². The summed E-state index contributed by atoms with van der Waals surface area (Å²) in [5.41, 5.74) is 2.10. The average molecular weight is 263 g/mol. The van der Waals surface area contributed by atoms with E-state index in [2.05, 4.69) is 15.3 Å². The normalized spacial score (nSPS) is 19.1. The van der Waals surface area contributed by atoms with Gasteiger partial charge in [0, 0.05) is 25.8 Å². The monoisotopic (exact) mass is 263 g/mol. The zero-order valence-corrected chi connectivity index (χ0v) is 11.1. The Labute approximate surface area is 111 Å². The van der Waals surface area contributed by atoms with Crippen LogP contribution in [0.2, 0.25) is 0 Å². The van der Waals surface area contributed by atoms with Gasteiger partial charge in [-0.2, -0.15) is 0 Å². The van der Waals surface area contributed by atoms with Gasteiger partial charge in [0.15, 0.2) is 11.5 Å². The zero-order valence-electron chi connectivity index (χ0n) is 11.1. The van der Waals surface area contributed by atoms with Crippen LogP contribution in [0.4, 0.5) is 0 Å². The summed E-state index contributed by atoms with van der Waals surface area (Å²) in [6, 6.07) is 0. The Morgan fingerprint density at radius 3 is 2.74 bits per heavy atom. The highest BCUT2D eigenvalue weighted by Crippen LogP contribution is 2.42. The summed E-state index contributed by atoms with van der Waals surface area (Å²) in [4.78, 5) is 20.8. The highest BCUT2D eigenvalue weighted by Gasteiger charge is 2.36. The fourth-order valence-corrected chi connectivity index (χ4v) is 2.49. The summed E-state index contributed by atoms with van der Waals surface area (Å²) in [5.74, 6) is 0.671. The van der Waals surface area contributed by atoms with Crippen LogP contribution in [-0.2, 0) is 22.6 Å². The van der Waals surface area contributed by atoms with Gasteiger partial charge in [0.25, 0.3) is 0 Å². The molecule has 1 aliphatic heterocycles. The van der Waals surface area contributed by atoms with Gasteiger partial charge in [0.05, 0.1) is 12.8 Å². The number of hydrogen-bond donors (Lipinski definition) is 1. The Morgan fingerprint density at radius 2 is 2.11 bits per heavy atom. The van der Waals surface area contributed by atoms with E-state index in [1.165, 1.54) is 7.11 Å². The summed E-state index contributed by atoms with van der Waals surface area (Å²) in [5, 5.41) is 3.18. The lowest BCUT2D eigenvalue weighted by molar-refractivity contribution is 0.0583. The van der Waals surface area contributed by atoms with Crippen molar-refractivity contribution in [2.75, 3.05) is 14.2 Å². The molecule has 6 heteroatoms. The van der Waals surface area contributed by atoms with E-state index in [9.17, 15) is 4.79 Å². The molecule has 1 saturated carbocycles. The molecule has 0 amide bonds. The summed E-state index contributed by atoms with van der Waals surface area (Å²) < 4.78 is 10.3. The fourth-order valence-electron chi connectivity index (χ4n) is 2.49. The molecule has 3 rings (SSSR count). The highest BCUT2D eigenvalue weighted by atomic mass is 16.5. The number of aromatic nitrogens is 2. The lowest BCUT2D eigenvalue weighted by Crippen LogP contribution is -2.16. The first kappa shape index (κ1) is 12.5. The molecule has 1 unspecified atom stereocenters. The minimum atomic E-state index is -0.408. The van der Waals surface area contributed by atoms with Crippen LogP contribution >= 0.6 is 0 Å². The van der Waals surface area contributed by atoms with Gasteiger partial charge in [0.2, 0.25) is 0 Å². The number of nitrogens with zero attached hydrogens (tertiary/aromatic N) is 2. The molecule has 0 spiro atoms. The molecular formula is C13H17N3O3. The second kappa shape index (κ2) is 4.86. The van der Waals surface area contributed by atoms with Crippen molar-refractivity contribution in [1.82, 2.24) is 15.3 Å². The molecule has 1 N–H and O–H groups in total. The molecule has 1 aliphatic carbocycles. The van der Waals surface area contributed by atoms with E-state index in [0.717, 1.165) is 24.1 Å². The van der Waals surface area contributed by atoms with Crippen LogP contribution in [0, 0.1) is 5.92 Å². The zero-order chi connectivity index (χ0) is 13.4. The van der Waals surface area contributed by atoms with E-state index in [4.69, 9.17) is 9.47 Å². The van der Waals surface area contributed by atoms with Crippen molar-refractivity contribution in [3.05, 3.63) is 22.8 Å². The molecule has 2 aliphatic rings. The standard InChI is InChI=1S/C13H17N3O3/c1-18-11(7-3-4-7)12-15-9-6-14-5-8(9)10(16-12)13(17)19-2/h7,11,14H,3-6H2,1-2H3. The van der Waals surface area contributed by atoms with Gasteiger partial charge in [-0.3, -0.25) is 0 Å². The molecule has 0 radical (unpaired) electrons. The van der Waals surface area contributed by atoms with Gasteiger partial charge >= 0.3 is 5.97 Å². The molecule has 1 aromatic rings. The van der Waals surface area contributed by atoms with E-state index < -0.39 is 5.97 Å². The van der Waals surface area contributed by atoms with E-state index in [0.29, 0.717) is 30.5 Å². The van der Waals surface area contributed by atoms with Crippen LogP contribution in [0.5, 0.6) is 0 Å². The molecular weight excluding hydrogens is 246 g/mol. The minimum absolute atomic E-state index is 0.116. The van der Waals surface area contributed by atoms with Crippen LogP contribution in [0.1, 0.15) is 46.5 Å². The molecule has 0 saturated heterocycles. The highest BCUT2D eigenvalue weighted by molar-refractivity contribution is 5.89. The number of esters is 1. The van der Waals surface area contributed by atoms with Crippen molar-refractivity contribution < 1.29 is 14.3 Å². The van der Waals surface area contributed by atoms with E-state index >= 15 is 0 Å². The molecule has 6 nitrogen and oxygen atoms in total. The summed E-state index contributed by atoms with van der Waals surface area (Å²) in [6.07, 6.45) is 2.14.